The largest absolute Gasteiger partial charge is 0.431 e. The van der Waals surface area contributed by atoms with Crippen molar-refractivity contribution in [2.75, 3.05) is 19.7 Å². The Morgan fingerprint density at radius 1 is 1.33 bits per heavy atom. The van der Waals surface area contributed by atoms with E-state index in [9.17, 15) is 9.18 Å². The summed E-state index contributed by atoms with van der Waals surface area (Å²) < 4.78 is 21.3. The van der Waals surface area contributed by atoms with Crippen LogP contribution in [0, 0.1) is 17.7 Å². The van der Waals surface area contributed by atoms with Gasteiger partial charge in [-0.25, -0.2) is 9.37 Å². The van der Waals surface area contributed by atoms with Crippen molar-refractivity contribution in [3.05, 3.63) is 53.8 Å². The van der Waals surface area contributed by atoms with Gasteiger partial charge in [-0.3, -0.25) is 4.79 Å². The van der Waals surface area contributed by atoms with E-state index in [-0.39, 0.29) is 17.8 Å². The van der Waals surface area contributed by atoms with Crippen LogP contribution in [0.15, 0.2) is 42.5 Å². The highest BCUT2D eigenvalue weighted by Gasteiger charge is 2.53. The molecule has 6 nitrogen and oxygen atoms in total. The number of thiazole rings is 1. The number of likely N-dealkylation sites (tertiary alicyclic amines) is 1. The Balaban J connectivity index is 1.19. The number of rotatable bonds is 7. The summed E-state index contributed by atoms with van der Waals surface area (Å²) in [5.74, 6) is 0.897. The van der Waals surface area contributed by atoms with E-state index in [4.69, 9.17) is 9.84 Å². The van der Waals surface area contributed by atoms with E-state index in [2.05, 4.69) is 10.3 Å². The molecule has 2 aromatic carbocycles. The maximum Gasteiger partial charge on any atom is 0.279 e. The molecular weight excluding hydrogens is 405 g/mol. The Bertz CT molecular complexity index is 1060. The molecule has 1 amide bonds. The predicted molar refractivity (Wildman–Crippen MR) is 112 cm³/mol. The molecule has 0 bridgehead atoms. The van der Waals surface area contributed by atoms with Crippen LogP contribution in [0.3, 0.4) is 0 Å². The summed E-state index contributed by atoms with van der Waals surface area (Å²) in [5, 5.41) is 12.9. The van der Waals surface area contributed by atoms with Gasteiger partial charge in [-0.15, -0.1) is 0 Å². The second-order valence-corrected chi connectivity index (χ2v) is 8.86. The number of halogens is 1. The Morgan fingerprint density at radius 2 is 2.20 bits per heavy atom. The predicted octanol–water partition coefficient (Wildman–Crippen LogP) is 3.16. The number of ether oxygens (including phenoxy) is 1. The number of piperidine rings is 1. The lowest BCUT2D eigenvalue weighted by molar-refractivity contribution is -0.135. The number of hydrogen-bond donors (Lipinski definition) is 2. The zero-order valence-corrected chi connectivity index (χ0v) is 17.1. The Labute approximate surface area is 177 Å². The lowest BCUT2D eigenvalue weighted by Gasteiger charge is -2.27. The third kappa shape index (κ3) is 3.78. The van der Waals surface area contributed by atoms with E-state index in [1.807, 2.05) is 24.3 Å². The molecule has 0 radical (unpaired) electrons. The number of nitrogens with zero attached hydrogens (tertiary/aromatic N) is 2. The third-order valence-electron chi connectivity index (χ3n) is 5.93. The van der Waals surface area contributed by atoms with E-state index < -0.39 is 6.61 Å². The quantitative estimate of drug-likeness (QED) is 0.606. The van der Waals surface area contributed by atoms with Crippen molar-refractivity contribution in [1.82, 2.24) is 15.2 Å². The standard InChI is InChI=1S/C22H22FN3O3S/c23-17-8-15(29-22-25-18-3-1-2-4-20(18)30-22)6-5-13(17)9-24-10-19-16-7-14(16)11-26(19)21(28)12-27/h1-6,8,14,16,19,24,27H,7,9-12H2. The molecule has 1 aliphatic heterocycles. The number of aliphatic hydroxyl groups is 1. The van der Waals surface area contributed by atoms with Crippen LogP contribution in [0.5, 0.6) is 10.9 Å². The van der Waals surface area contributed by atoms with E-state index in [0.717, 1.165) is 23.2 Å². The number of fused-ring (bicyclic) bond motifs is 2. The molecule has 2 fully saturated rings. The highest BCUT2D eigenvalue weighted by atomic mass is 32.1. The van der Waals surface area contributed by atoms with Crippen molar-refractivity contribution in [3.63, 3.8) is 0 Å². The topological polar surface area (TPSA) is 74.7 Å². The smallest absolute Gasteiger partial charge is 0.279 e. The molecule has 30 heavy (non-hydrogen) atoms. The van der Waals surface area contributed by atoms with Crippen LogP contribution in [-0.2, 0) is 11.3 Å². The molecule has 2 N–H and O–H groups in total. The number of para-hydroxylation sites is 1. The zero-order valence-electron chi connectivity index (χ0n) is 16.3. The summed E-state index contributed by atoms with van der Waals surface area (Å²) in [6.07, 6.45) is 1.13. The summed E-state index contributed by atoms with van der Waals surface area (Å²) in [6, 6.07) is 12.6. The highest BCUT2D eigenvalue weighted by Crippen LogP contribution is 2.49. The second-order valence-electron chi connectivity index (χ2n) is 7.86. The number of aromatic nitrogens is 1. The Hall–Kier alpha value is -2.55. The minimum Gasteiger partial charge on any atom is -0.431 e. The number of carbonyl (C=O) groups excluding carboxylic acids is 1. The zero-order chi connectivity index (χ0) is 20.7. The van der Waals surface area contributed by atoms with Crippen molar-refractivity contribution in [3.8, 4) is 10.9 Å². The van der Waals surface area contributed by atoms with Crippen molar-refractivity contribution >= 4 is 27.5 Å². The molecule has 2 heterocycles. The van der Waals surface area contributed by atoms with Crippen LogP contribution in [0.1, 0.15) is 12.0 Å². The molecule has 1 saturated heterocycles. The molecule has 3 unspecified atom stereocenters. The van der Waals surface area contributed by atoms with Crippen LogP contribution >= 0.6 is 11.3 Å². The SMILES string of the molecule is O=C(CO)N1CC2CC2C1CNCc1ccc(Oc2nc3ccccc3s2)cc1F. The van der Waals surface area contributed by atoms with Gasteiger partial charge in [-0.2, -0.15) is 0 Å². The van der Waals surface area contributed by atoms with Gasteiger partial charge in [0.25, 0.3) is 5.19 Å². The Morgan fingerprint density at radius 3 is 3.00 bits per heavy atom. The molecule has 1 aromatic heterocycles. The van der Waals surface area contributed by atoms with Gasteiger partial charge in [0.2, 0.25) is 5.91 Å². The fraction of sp³-hybridized carbons (Fsp3) is 0.364. The van der Waals surface area contributed by atoms with E-state index in [1.165, 1.54) is 17.4 Å². The maximum absolute atomic E-state index is 14.6. The molecule has 0 spiro atoms. The Kier molecular flexibility index (Phi) is 5.14. The van der Waals surface area contributed by atoms with Crippen molar-refractivity contribution in [2.24, 2.45) is 11.8 Å². The minimum atomic E-state index is -0.458. The first-order valence-electron chi connectivity index (χ1n) is 10.1. The van der Waals surface area contributed by atoms with Gasteiger partial charge in [0.05, 0.1) is 10.2 Å². The summed E-state index contributed by atoms with van der Waals surface area (Å²) in [4.78, 5) is 18.1. The fourth-order valence-corrected chi connectivity index (χ4v) is 5.13. The van der Waals surface area contributed by atoms with Crippen molar-refractivity contribution in [2.45, 2.75) is 19.0 Å². The van der Waals surface area contributed by atoms with Gasteiger partial charge in [-0.05, 0) is 36.5 Å². The summed E-state index contributed by atoms with van der Waals surface area (Å²) in [7, 11) is 0. The summed E-state index contributed by atoms with van der Waals surface area (Å²) >= 11 is 1.42. The maximum atomic E-state index is 14.6. The lowest BCUT2D eigenvalue weighted by atomic mass is 10.1. The third-order valence-corrected chi connectivity index (χ3v) is 6.85. The van der Waals surface area contributed by atoms with Gasteiger partial charge >= 0.3 is 0 Å². The van der Waals surface area contributed by atoms with E-state index in [0.29, 0.717) is 41.4 Å². The molecule has 8 heteroatoms. The molecule has 156 valence electrons. The normalized spacial score (nSPS) is 22.3. The van der Waals surface area contributed by atoms with Gasteiger partial charge in [0, 0.05) is 37.3 Å². The molecule has 3 atom stereocenters. The average Bonchev–Trinajstić information content (AvgIpc) is 3.24. The molecule has 2 aliphatic rings. The minimum absolute atomic E-state index is 0.0827. The van der Waals surface area contributed by atoms with Crippen LogP contribution in [0.2, 0.25) is 0 Å². The van der Waals surface area contributed by atoms with Gasteiger partial charge in [0.1, 0.15) is 18.2 Å². The number of amides is 1. The number of aliphatic hydroxyl groups excluding tert-OH is 1. The van der Waals surface area contributed by atoms with Crippen LogP contribution in [0.25, 0.3) is 10.2 Å². The molecule has 1 saturated carbocycles. The van der Waals surface area contributed by atoms with Gasteiger partial charge in [0.15, 0.2) is 0 Å². The first-order valence-corrected chi connectivity index (χ1v) is 10.9. The highest BCUT2D eigenvalue weighted by molar-refractivity contribution is 7.20. The van der Waals surface area contributed by atoms with E-state index >= 15 is 0 Å². The molecule has 1 aliphatic carbocycles. The van der Waals surface area contributed by atoms with Crippen LogP contribution in [0.4, 0.5) is 4.39 Å². The molecular formula is C22H22FN3O3S. The number of hydrogen-bond acceptors (Lipinski definition) is 6. The number of nitrogens with one attached hydrogen (secondary N) is 1. The number of carbonyl (C=O) groups is 1. The van der Waals surface area contributed by atoms with Crippen molar-refractivity contribution < 1.29 is 19.0 Å². The van der Waals surface area contributed by atoms with Crippen LogP contribution in [-0.4, -0.2) is 46.6 Å². The van der Waals surface area contributed by atoms with Crippen LogP contribution < -0.4 is 10.1 Å². The average molecular weight is 428 g/mol. The van der Waals surface area contributed by atoms with Gasteiger partial charge in [-0.1, -0.05) is 29.5 Å². The first kappa shape index (κ1) is 19.4. The summed E-state index contributed by atoms with van der Waals surface area (Å²) in [5.41, 5.74) is 1.40. The molecule has 3 aromatic rings. The fourth-order valence-electron chi connectivity index (χ4n) is 4.30. The van der Waals surface area contributed by atoms with Crippen molar-refractivity contribution in [1.29, 1.82) is 0 Å². The second kappa shape index (κ2) is 7.94. The lowest BCUT2D eigenvalue weighted by Crippen LogP contribution is -2.45. The van der Waals surface area contributed by atoms with E-state index in [1.54, 1.807) is 17.0 Å². The monoisotopic (exact) mass is 427 g/mol. The molecule has 5 rings (SSSR count). The van der Waals surface area contributed by atoms with Gasteiger partial charge < -0.3 is 20.1 Å². The number of benzene rings is 2. The first-order chi connectivity index (χ1) is 14.6. The summed E-state index contributed by atoms with van der Waals surface area (Å²) in [6.45, 7) is 1.22.